The number of carbonyl (C=O) groups excluding carboxylic acids is 1. The first-order valence-corrected chi connectivity index (χ1v) is 6.27. The molecule has 1 heterocycles. The highest BCUT2D eigenvalue weighted by Gasteiger charge is 2.24. The van der Waals surface area contributed by atoms with Crippen molar-refractivity contribution < 1.29 is 4.79 Å². The van der Waals surface area contributed by atoms with Crippen LogP contribution in [0.15, 0.2) is 0 Å². The van der Waals surface area contributed by atoms with Gasteiger partial charge in [-0.2, -0.15) is 5.10 Å². The van der Waals surface area contributed by atoms with Gasteiger partial charge in [0, 0.05) is 6.54 Å². The van der Waals surface area contributed by atoms with Gasteiger partial charge in [0.05, 0.1) is 23.0 Å². The van der Waals surface area contributed by atoms with E-state index in [2.05, 4.69) is 36.3 Å². The topological polar surface area (TPSA) is 83.8 Å². The van der Waals surface area contributed by atoms with Gasteiger partial charge >= 0.3 is 0 Å². The molecule has 5 heteroatoms. The highest BCUT2D eigenvalue weighted by molar-refractivity contribution is 5.93. The molecule has 1 atom stereocenters. The van der Waals surface area contributed by atoms with E-state index >= 15 is 0 Å². The fourth-order valence-electron chi connectivity index (χ4n) is 1.98. The number of rotatable bonds is 4. The van der Waals surface area contributed by atoms with E-state index < -0.39 is 0 Å². The largest absolute Gasteiger partial charge is 0.330 e. The summed E-state index contributed by atoms with van der Waals surface area (Å²) in [5.41, 5.74) is 8.22. The number of hydrogen-bond donors (Lipinski definition) is 3. The van der Waals surface area contributed by atoms with Gasteiger partial charge in [-0.1, -0.05) is 20.8 Å². The summed E-state index contributed by atoms with van der Waals surface area (Å²) >= 11 is 0. The number of carbonyl (C=O) groups is 1. The molecule has 5 nitrogen and oxygen atoms in total. The smallest absolute Gasteiger partial charge is 0.228 e. The number of nitrogens with zero attached hydrogens (tertiary/aromatic N) is 1. The molecule has 0 spiro atoms. The Hall–Kier alpha value is -1.36. The Kier molecular flexibility index (Phi) is 4.51. The molecule has 18 heavy (non-hydrogen) atoms. The summed E-state index contributed by atoms with van der Waals surface area (Å²) in [6.45, 7) is 10.4. The molecule has 1 rings (SSSR count). The van der Waals surface area contributed by atoms with Gasteiger partial charge in [0.15, 0.2) is 0 Å². The van der Waals surface area contributed by atoms with Gasteiger partial charge < -0.3 is 11.1 Å². The van der Waals surface area contributed by atoms with E-state index in [9.17, 15) is 4.79 Å². The van der Waals surface area contributed by atoms with Gasteiger partial charge in [-0.3, -0.25) is 9.89 Å². The zero-order valence-corrected chi connectivity index (χ0v) is 11.9. The van der Waals surface area contributed by atoms with Crippen molar-refractivity contribution in [1.29, 1.82) is 0 Å². The van der Waals surface area contributed by atoms with Crippen LogP contribution < -0.4 is 11.1 Å². The van der Waals surface area contributed by atoms with Crippen LogP contribution in [0.25, 0.3) is 0 Å². The Bertz CT molecular complexity index is 398. The van der Waals surface area contributed by atoms with E-state index in [-0.39, 0.29) is 17.2 Å². The van der Waals surface area contributed by atoms with Crippen LogP contribution in [0.5, 0.6) is 0 Å². The maximum atomic E-state index is 12.2. The quantitative estimate of drug-likeness (QED) is 0.766. The lowest BCUT2D eigenvalue weighted by Crippen LogP contribution is -2.32. The van der Waals surface area contributed by atoms with Crippen LogP contribution in [0.3, 0.4) is 0 Å². The lowest BCUT2D eigenvalue weighted by molar-refractivity contribution is -0.120. The standard InChI is InChI=1S/C13H24N4O/c1-8-11(9(2)17-16-8)15-12(18)10(7-14)6-13(3,4)5/h10H,6-7,14H2,1-5H3,(H,15,18)(H,16,17). The van der Waals surface area contributed by atoms with Gasteiger partial charge in [-0.25, -0.2) is 0 Å². The third-order valence-electron chi connectivity index (χ3n) is 2.89. The van der Waals surface area contributed by atoms with E-state index in [0.717, 1.165) is 23.5 Å². The second-order valence-corrected chi connectivity index (χ2v) is 6.00. The number of aromatic amines is 1. The molecular weight excluding hydrogens is 228 g/mol. The van der Waals surface area contributed by atoms with Crippen LogP contribution in [0.2, 0.25) is 0 Å². The summed E-state index contributed by atoms with van der Waals surface area (Å²) in [6, 6.07) is 0. The number of aromatic nitrogens is 2. The average molecular weight is 252 g/mol. The minimum atomic E-state index is -0.168. The molecule has 0 saturated carbocycles. The molecule has 1 unspecified atom stereocenters. The predicted octanol–water partition coefficient (Wildman–Crippen LogP) is 1.98. The maximum absolute atomic E-state index is 12.2. The van der Waals surface area contributed by atoms with Gasteiger partial charge in [-0.15, -0.1) is 0 Å². The van der Waals surface area contributed by atoms with E-state index in [4.69, 9.17) is 5.73 Å². The Balaban J connectivity index is 2.75. The molecule has 1 aromatic heterocycles. The van der Waals surface area contributed by atoms with Crippen molar-refractivity contribution in [1.82, 2.24) is 10.2 Å². The molecule has 0 radical (unpaired) electrons. The molecule has 1 aromatic rings. The Morgan fingerprint density at radius 3 is 2.44 bits per heavy atom. The molecular formula is C13H24N4O. The van der Waals surface area contributed by atoms with Crippen LogP contribution in [-0.2, 0) is 4.79 Å². The first-order valence-electron chi connectivity index (χ1n) is 6.27. The number of H-pyrrole nitrogens is 1. The zero-order valence-electron chi connectivity index (χ0n) is 11.9. The Morgan fingerprint density at radius 1 is 1.44 bits per heavy atom. The fraction of sp³-hybridized carbons (Fsp3) is 0.692. The van der Waals surface area contributed by atoms with Crippen molar-refractivity contribution >= 4 is 11.6 Å². The number of aryl methyl sites for hydroxylation is 2. The molecule has 0 saturated heterocycles. The summed E-state index contributed by atoms with van der Waals surface area (Å²) in [6.07, 6.45) is 0.769. The van der Waals surface area contributed by atoms with Crippen LogP contribution in [0.1, 0.15) is 38.6 Å². The molecule has 0 fully saturated rings. The molecule has 1 amide bonds. The van der Waals surface area contributed by atoms with Crippen molar-refractivity contribution in [2.75, 3.05) is 11.9 Å². The first kappa shape index (κ1) is 14.7. The third kappa shape index (κ3) is 3.84. The van der Waals surface area contributed by atoms with Crippen LogP contribution >= 0.6 is 0 Å². The number of hydrogen-bond acceptors (Lipinski definition) is 3. The molecule has 0 aliphatic carbocycles. The first-order chi connectivity index (χ1) is 8.24. The summed E-state index contributed by atoms with van der Waals surface area (Å²) in [5, 5.41) is 9.83. The lowest BCUT2D eigenvalue weighted by atomic mass is 9.84. The highest BCUT2D eigenvalue weighted by atomic mass is 16.1. The van der Waals surface area contributed by atoms with Crippen molar-refractivity contribution in [2.45, 2.75) is 41.0 Å². The number of nitrogens with two attached hydrogens (primary N) is 1. The number of amides is 1. The minimum absolute atomic E-state index is 0.0278. The van der Waals surface area contributed by atoms with Crippen molar-refractivity contribution in [3.63, 3.8) is 0 Å². The van der Waals surface area contributed by atoms with E-state index in [1.165, 1.54) is 0 Å². The zero-order chi connectivity index (χ0) is 13.9. The molecule has 0 bridgehead atoms. The van der Waals surface area contributed by atoms with Crippen molar-refractivity contribution in [2.24, 2.45) is 17.1 Å². The molecule has 102 valence electrons. The monoisotopic (exact) mass is 252 g/mol. The summed E-state index contributed by atoms with van der Waals surface area (Å²) in [7, 11) is 0. The van der Waals surface area contributed by atoms with Gasteiger partial charge in [0.1, 0.15) is 0 Å². The van der Waals surface area contributed by atoms with E-state index in [1.807, 2.05) is 13.8 Å². The van der Waals surface area contributed by atoms with E-state index in [1.54, 1.807) is 0 Å². The molecule has 0 aliphatic rings. The normalized spacial score (nSPS) is 13.4. The second-order valence-electron chi connectivity index (χ2n) is 6.00. The lowest BCUT2D eigenvalue weighted by Gasteiger charge is -2.24. The van der Waals surface area contributed by atoms with Crippen molar-refractivity contribution in [3.05, 3.63) is 11.4 Å². The third-order valence-corrected chi connectivity index (χ3v) is 2.89. The van der Waals surface area contributed by atoms with Crippen LogP contribution in [-0.4, -0.2) is 22.6 Å². The second kappa shape index (κ2) is 5.52. The van der Waals surface area contributed by atoms with Crippen molar-refractivity contribution in [3.8, 4) is 0 Å². The minimum Gasteiger partial charge on any atom is -0.330 e. The SMILES string of the molecule is Cc1n[nH]c(C)c1NC(=O)C(CN)CC(C)(C)C. The molecule has 4 N–H and O–H groups in total. The molecule has 0 aromatic carbocycles. The van der Waals surface area contributed by atoms with Gasteiger partial charge in [0.25, 0.3) is 0 Å². The number of nitrogens with one attached hydrogen (secondary N) is 2. The summed E-state index contributed by atoms with van der Waals surface area (Å²) < 4.78 is 0. The highest BCUT2D eigenvalue weighted by Crippen LogP contribution is 2.25. The summed E-state index contributed by atoms with van der Waals surface area (Å²) in [4.78, 5) is 12.2. The molecule has 0 aliphatic heterocycles. The predicted molar refractivity (Wildman–Crippen MR) is 73.3 cm³/mol. The maximum Gasteiger partial charge on any atom is 0.228 e. The summed E-state index contributed by atoms with van der Waals surface area (Å²) in [5.74, 6) is -0.196. The average Bonchev–Trinajstić information content (AvgIpc) is 2.56. The number of anilines is 1. The van der Waals surface area contributed by atoms with Gasteiger partial charge in [-0.05, 0) is 25.7 Å². The van der Waals surface area contributed by atoms with Crippen LogP contribution in [0, 0.1) is 25.2 Å². The fourth-order valence-corrected chi connectivity index (χ4v) is 1.98. The van der Waals surface area contributed by atoms with Gasteiger partial charge in [0.2, 0.25) is 5.91 Å². The Labute approximate surface area is 109 Å². The van der Waals surface area contributed by atoms with E-state index in [0.29, 0.717) is 6.54 Å². The van der Waals surface area contributed by atoms with Crippen LogP contribution in [0.4, 0.5) is 5.69 Å². The Morgan fingerprint density at radius 2 is 2.06 bits per heavy atom.